The molecular formula is C10H13ClFNO. The first kappa shape index (κ1) is 11.4. The summed E-state index contributed by atoms with van der Waals surface area (Å²) in [5.41, 5.74) is 5.98. The average Bonchev–Trinajstić information content (AvgIpc) is 2.19. The van der Waals surface area contributed by atoms with E-state index in [-0.39, 0.29) is 0 Å². The zero-order valence-electron chi connectivity index (χ0n) is 7.87. The molecule has 1 aromatic rings. The van der Waals surface area contributed by atoms with Crippen molar-refractivity contribution >= 4 is 11.6 Å². The summed E-state index contributed by atoms with van der Waals surface area (Å²) in [5.74, 6) is -0.424. The van der Waals surface area contributed by atoms with Crippen LogP contribution in [0.1, 0.15) is 25.0 Å². The molecule has 78 valence electrons. The Balaban J connectivity index is 2.99. The van der Waals surface area contributed by atoms with Gasteiger partial charge in [-0.05, 0) is 24.6 Å². The van der Waals surface area contributed by atoms with Gasteiger partial charge in [-0.25, -0.2) is 4.39 Å². The van der Waals surface area contributed by atoms with Gasteiger partial charge in [-0.3, -0.25) is 0 Å². The highest BCUT2D eigenvalue weighted by atomic mass is 35.5. The number of rotatable bonds is 3. The summed E-state index contributed by atoms with van der Waals surface area (Å²) in [6.07, 6.45) is -0.309. The van der Waals surface area contributed by atoms with Crippen molar-refractivity contribution in [3.05, 3.63) is 34.6 Å². The minimum absolute atomic E-state index is 0.336. The van der Waals surface area contributed by atoms with E-state index in [0.717, 1.165) is 0 Å². The Hall–Kier alpha value is -0.640. The van der Waals surface area contributed by atoms with Gasteiger partial charge in [0.25, 0.3) is 0 Å². The molecule has 0 fully saturated rings. The molecule has 0 aliphatic carbocycles. The van der Waals surface area contributed by atoms with Crippen LogP contribution in [0.5, 0.6) is 0 Å². The number of aliphatic hydroxyl groups is 1. The number of halogens is 2. The van der Waals surface area contributed by atoms with E-state index < -0.39 is 18.0 Å². The van der Waals surface area contributed by atoms with Crippen molar-refractivity contribution in [3.63, 3.8) is 0 Å². The Morgan fingerprint density at radius 2 is 2.21 bits per heavy atom. The van der Waals surface area contributed by atoms with E-state index >= 15 is 0 Å². The Morgan fingerprint density at radius 1 is 1.57 bits per heavy atom. The van der Waals surface area contributed by atoms with Gasteiger partial charge >= 0.3 is 0 Å². The van der Waals surface area contributed by atoms with Crippen LogP contribution in [0.2, 0.25) is 5.02 Å². The summed E-state index contributed by atoms with van der Waals surface area (Å²) in [7, 11) is 0. The molecule has 1 rings (SSSR count). The first-order valence-electron chi connectivity index (χ1n) is 4.44. The van der Waals surface area contributed by atoms with Gasteiger partial charge in [0, 0.05) is 16.6 Å². The molecule has 0 heterocycles. The van der Waals surface area contributed by atoms with Gasteiger partial charge in [0.05, 0.1) is 6.10 Å². The van der Waals surface area contributed by atoms with Crippen LogP contribution >= 0.6 is 11.6 Å². The lowest BCUT2D eigenvalue weighted by atomic mass is 10.0. The van der Waals surface area contributed by atoms with Crippen LogP contribution < -0.4 is 5.73 Å². The number of aliphatic hydroxyl groups excluding tert-OH is 1. The van der Waals surface area contributed by atoms with Crippen LogP contribution in [0, 0.1) is 5.82 Å². The van der Waals surface area contributed by atoms with E-state index in [2.05, 4.69) is 0 Å². The van der Waals surface area contributed by atoms with Crippen molar-refractivity contribution in [2.24, 2.45) is 5.73 Å². The Kier molecular flexibility index (Phi) is 3.86. The van der Waals surface area contributed by atoms with Gasteiger partial charge in [0.1, 0.15) is 5.82 Å². The summed E-state index contributed by atoms with van der Waals surface area (Å²) in [4.78, 5) is 0. The van der Waals surface area contributed by atoms with Crippen molar-refractivity contribution in [2.45, 2.75) is 25.5 Å². The van der Waals surface area contributed by atoms with E-state index in [9.17, 15) is 9.50 Å². The third-order valence-corrected chi connectivity index (χ3v) is 2.50. The van der Waals surface area contributed by atoms with Gasteiger partial charge < -0.3 is 10.8 Å². The minimum atomic E-state index is -0.914. The summed E-state index contributed by atoms with van der Waals surface area (Å²) in [5, 5.41) is 10.1. The van der Waals surface area contributed by atoms with Crippen LogP contribution in [0.3, 0.4) is 0 Å². The molecule has 0 aliphatic rings. The Labute approximate surface area is 87.5 Å². The second-order valence-electron chi connectivity index (χ2n) is 3.18. The standard InChI is InChI=1S/C10H13ClFNO/c1-2-9(13)10(14)7-5-6(12)3-4-8(7)11/h3-5,9-10,14H,2,13H2,1H3/t9-,10?/m1/s1. The zero-order valence-corrected chi connectivity index (χ0v) is 8.63. The molecule has 0 bridgehead atoms. The highest BCUT2D eigenvalue weighted by Gasteiger charge is 2.18. The molecule has 1 aromatic carbocycles. The molecule has 2 atom stereocenters. The molecule has 0 radical (unpaired) electrons. The van der Waals surface area contributed by atoms with Crippen LogP contribution in [0.15, 0.2) is 18.2 Å². The van der Waals surface area contributed by atoms with Crippen molar-refractivity contribution < 1.29 is 9.50 Å². The Bertz CT molecular complexity index is 319. The molecule has 2 nitrogen and oxygen atoms in total. The first-order chi connectivity index (χ1) is 6.56. The maximum Gasteiger partial charge on any atom is 0.123 e. The highest BCUT2D eigenvalue weighted by molar-refractivity contribution is 6.31. The molecule has 0 aromatic heterocycles. The van der Waals surface area contributed by atoms with E-state index in [1.807, 2.05) is 6.92 Å². The molecular weight excluding hydrogens is 205 g/mol. The average molecular weight is 218 g/mol. The predicted octanol–water partition coefficient (Wildman–Crippen LogP) is 2.25. The van der Waals surface area contributed by atoms with E-state index in [4.69, 9.17) is 17.3 Å². The van der Waals surface area contributed by atoms with Crippen LogP contribution in [0.4, 0.5) is 4.39 Å². The highest BCUT2D eigenvalue weighted by Crippen LogP contribution is 2.26. The van der Waals surface area contributed by atoms with Crippen molar-refractivity contribution in [1.29, 1.82) is 0 Å². The fourth-order valence-corrected chi connectivity index (χ4v) is 1.42. The van der Waals surface area contributed by atoms with Gasteiger partial charge in [-0.15, -0.1) is 0 Å². The maximum absolute atomic E-state index is 12.9. The maximum atomic E-state index is 12.9. The molecule has 14 heavy (non-hydrogen) atoms. The lowest BCUT2D eigenvalue weighted by Crippen LogP contribution is -2.27. The number of nitrogens with two attached hydrogens (primary N) is 1. The van der Waals surface area contributed by atoms with Gasteiger partial charge in [-0.2, -0.15) is 0 Å². The largest absolute Gasteiger partial charge is 0.387 e. The second-order valence-corrected chi connectivity index (χ2v) is 3.59. The third kappa shape index (κ3) is 2.44. The topological polar surface area (TPSA) is 46.2 Å². The van der Waals surface area contributed by atoms with Crippen molar-refractivity contribution in [3.8, 4) is 0 Å². The van der Waals surface area contributed by atoms with Crippen molar-refractivity contribution in [2.75, 3.05) is 0 Å². The smallest absolute Gasteiger partial charge is 0.123 e. The minimum Gasteiger partial charge on any atom is -0.387 e. The monoisotopic (exact) mass is 217 g/mol. The lowest BCUT2D eigenvalue weighted by Gasteiger charge is -2.18. The predicted molar refractivity (Wildman–Crippen MR) is 54.6 cm³/mol. The van der Waals surface area contributed by atoms with E-state index in [0.29, 0.717) is 17.0 Å². The number of hydrogen-bond donors (Lipinski definition) is 2. The van der Waals surface area contributed by atoms with E-state index in [1.54, 1.807) is 0 Å². The van der Waals surface area contributed by atoms with Crippen LogP contribution in [0.25, 0.3) is 0 Å². The molecule has 0 spiro atoms. The fourth-order valence-electron chi connectivity index (χ4n) is 1.20. The summed E-state index contributed by atoms with van der Waals surface area (Å²) in [6, 6.07) is 3.45. The van der Waals surface area contributed by atoms with E-state index in [1.165, 1.54) is 18.2 Å². The quantitative estimate of drug-likeness (QED) is 0.816. The SMILES string of the molecule is CC[C@@H](N)C(O)c1cc(F)ccc1Cl. The third-order valence-electron chi connectivity index (χ3n) is 2.15. The molecule has 4 heteroatoms. The Morgan fingerprint density at radius 3 is 2.79 bits per heavy atom. The van der Waals surface area contributed by atoms with Gasteiger partial charge in [0.15, 0.2) is 0 Å². The second kappa shape index (κ2) is 4.73. The fraction of sp³-hybridized carbons (Fsp3) is 0.400. The summed E-state index contributed by atoms with van der Waals surface area (Å²) >= 11 is 5.81. The lowest BCUT2D eigenvalue weighted by molar-refractivity contribution is 0.144. The molecule has 0 amide bonds. The summed E-state index contributed by atoms with van der Waals surface area (Å²) in [6.45, 7) is 1.85. The molecule has 1 unspecified atom stereocenters. The first-order valence-corrected chi connectivity index (χ1v) is 4.82. The van der Waals surface area contributed by atoms with Crippen LogP contribution in [-0.2, 0) is 0 Å². The van der Waals surface area contributed by atoms with Gasteiger partial charge in [0.2, 0.25) is 0 Å². The molecule has 0 saturated heterocycles. The molecule has 3 N–H and O–H groups in total. The summed E-state index contributed by atoms with van der Waals surface area (Å²) < 4.78 is 12.9. The molecule has 0 saturated carbocycles. The number of benzene rings is 1. The normalized spacial score (nSPS) is 15.2. The van der Waals surface area contributed by atoms with Gasteiger partial charge in [-0.1, -0.05) is 18.5 Å². The van der Waals surface area contributed by atoms with Crippen molar-refractivity contribution in [1.82, 2.24) is 0 Å². The number of hydrogen-bond acceptors (Lipinski definition) is 2. The molecule has 0 aliphatic heterocycles. The zero-order chi connectivity index (χ0) is 10.7. The van der Waals surface area contributed by atoms with Crippen LogP contribution in [-0.4, -0.2) is 11.1 Å².